The highest BCUT2D eigenvalue weighted by molar-refractivity contribution is 6.42. The van der Waals surface area contributed by atoms with Crippen molar-refractivity contribution in [3.05, 3.63) is 60.3 Å². The number of aromatic amines is 2. The summed E-state index contributed by atoms with van der Waals surface area (Å²) in [6.07, 6.45) is 0. The maximum atomic E-state index is 12.5. The van der Waals surface area contributed by atoms with Crippen molar-refractivity contribution in [2.45, 2.75) is 13.5 Å². The molecule has 1 aromatic heterocycles. The number of carbonyl (C=O) groups is 1. The molecule has 0 spiro atoms. The lowest BCUT2D eigenvalue weighted by atomic mass is 10.2. The number of carbonyl (C=O) groups excluding carboxylic acids is 1. The van der Waals surface area contributed by atoms with E-state index in [0.29, 0.717) is 16.6 Å². The molecule has 2 aromatic rings. The highest BCUT2D eigenvalue weighted by atomic mass is 35.5. The van der Waals surface area contributed by atoms with E-state index in [1.54, 1.807) is 25.1 Å². The van der Waals surface area contributed by atoms with Crippen molar-refractivity contribution < 1.29 is 4.79 Å². The van der Waals surface area contributed by atoms with Crippen molar-refractivity contribution in [3.63, 3.8) is 0 Å². The number of rotatable bonds is 4. The van der Waals surface area contributed by atoms with E-state index in [4.69, 9.17) is 28.9 Å². The molecule has 2 rings (SSSR count). The summed E-state index contributed by atoms with van der Waals surface area (Å²) in [6.45, 7) is 2.32. The zero-order chi connectivity index (χ0) is 17.1. The molecule has 0 saturated carbocycles. The third-order valence-electron chi connectivity index (χ3n) is 3.22. The molecule has 0 aliphatic heterocycles. The van der Waals surface area contributed by atoms with Crippen LogP contribution >= 0.6 is 23.2 Å². The second-order valence-electron chi connectivity index (χ2n) is 4.76. The number of hydrogen-bond acceptors (Lipinski definition) is 4. The van der Waals surface area contributed by atoms with Gasteiger partial charge in [0.2, 0.25) is 0 Å². The maximum absolute atomic E-state index is 12.5. The average Bonchev–Trinajstić information content (AvgIpc) is 2.51. The molecule has 1 heterocycles. The number of halogens is 2. The quantitative estimate of drug-likeness (QED) is 0.772. The minimum Gasteiger partial charge on any atom is -0.392 e. The molecule has 7 nitrogen and oxygen atoms in total. The number of amides is 1. The summed E-state index contributed by atoms with van der Waals surface area (Å²) in [6, 6.07) is 5.00. The van der Waals surface area contributed by atoms with Crippen LogP contribution in [0.5, 0.6) is 0 Å². The third-order valence-corrected chi connectivity index (χ3v) is 3.96. The minimum absolute atomic E-state index is 0.223. The highest BCUT2D eigenvalue weighted by Crippen LogP contribution is 2.23. The van der Waals surface area contributed by atoms with Crippen LogP contribution in [-0.4, -0.2) is 27.3 Å². The van der Waals surface area contributed by atoms with E-state index in [1.807, 2.05) is 4.98 Å². The van der Waals surface area contributed by atoms with Crippen LogP contribution in [0.4, 0.5) is 5.69 Å². The van der Waals surface area contributed by atoms with E-state index in [-0.39, 0.29) is 17.9 Å². The van der Waals surface area contributed by atoms with Crippen LogP contribution in [0.1, 0.15) is 23.0 Å². The lowest BCUT2D eigenvalue weighted by Crippen LogP contribution is -2.36. The van der Waals surface area contributed by atoms with Gasteiger partial charge in [0.1, 0.15) is 11.4 Å². The number of aromatic nitrogens is 2. The van der Waals surface area contributed by atoms with Gasteiger partial charge in [0.25, 0.3) is 11.5 Å². The Morgan fingerprint density at radius 2 is 1.91 bits per heavy atom. The largest absolute Gasteiger partial charge is 0.392 e. The summed E-state index contributed by atoms with van der Waals surface area (Å²) in [7, 11) is 0. The summed E-state index contributed by atoms with van der Waals surface area (Å²) in [5, 5.41) is 0.782. The van der Waals surface area contributed by atoms with Crippen molar-refractivity contribution in [2.24, 2.45) is 0 Å². The number of nitrogen functional groups attached to an aromatic ring is 1. The molecule has 23 heavy (non-hydrogen) atoms. The van der Waals surface area contributed by atoms with Gasteiger partial charge in [-0.25, -0.2) is 4.79 Å². The Balaban J connectivity index is 2.34. The molecule has 0 unspecified atom stereocenters. The van der Waals surface area contributed by atoms with Crippen LogP contribution in [0, 0.1) is 0 Å². The van der Waals surface area contributed by atoms with Crippen molar-refractivity contribution >= 4 is 34.8 Å². The Morgan fingerprint density at radius 3 is 2.52 bits per heavy atom. The van der Waals surface area contributed by atoms with E-state index in [2.05, 4.69) is 4.98 Å². The second-order valence-corrected chi connectivity index (χ2v) is 5.58. The third kappa shape index (κ3) is 3.75. The van der Waals surface area contributed by atoms with E-state index in [9.17, 15) is 14.4 Å². The first kappa shape index (κ1) is 17.1. The van der Waals surface area contributed by atoms with E-state index in [1.165, 1.54) is 4.90 Å². The van der Waals surface area contributed by atoms with Crippen molar-refractivity contribution in [3.8, 4) is 0 Å². The van der Waals surface area contributed by atoms with Gasteiger partial charge in [-0.05, 0) is 24.6 Å². The van der Waals surface area contributed by atoms with Crippen LogP contribution in [-0.2, 0) is 6.54 Å². The van der Waals surface area contributed by atoms with E-state index >= 15 is 0 Å². The Morgan fingerprint density at radius 1 is 1.22 bits per heavy atom. The first-order valence-corrected chi connectivity index (χ1v) is 7.44. The topological polar surface area (TPSA) is 112 Å². The van der Waals surface area contributed by atoms with Crippen molar-refractivity contribution in [1.82, 2.24) is 14.9 Å². The lowest BCUT2D eigenvalue weighted by molar-refractivity contribution is 0.0747. The zero-order valence-electron chi connectivity index (χ0n) is 12.2. The number of benzene rings is 1. The summed E-state index contributed by atoms with van der Waals surface area (Å²) in [5.41, 5.74) is 4.17. The Labute approximate surface area is 141 Å². The number of H-pyrrole nitrogens is 2. The Bertz CT molecular complexity index is 860. The summed E-state index contributed by atoms with van der Waals surface area (Å²) >= 11 is 11.8. The van der Waals surface area contributed by atoms with Gasteiger partial charge in [-0.15, -0.1) is 0 Å². The number of nitrogens with zero attached hydrogens (tertiary/aromatic N) is 1. The molecule has 0 atom stereocenters. The molecule has 0 saturated heterocycles. The molecule has 4 N–H and O–H groups in total. The summed E-state index contributed by atoms with van der Waals surface area (Å²) in [5.74, 6) is -0.556. The van der Waals surface area contributed by atoms with Gasteiger partial charge in [-0.3, -0.25) is 14.6 Å². The van der Waals surface area contributed by atoms with Gasteiger partial charge < -0.3 is 15.6 Å². The fourth-order valence-electron chi connectivity index (χ4n) is 2.01. The van der Waals surface area contributed by atoms with Crippen LogP contribution in [0.15, 0.2) is 27.8 Å². The molecule has 1 amide bonds. The maximum Gasteiger partial charge on any atom is 0.326 e. The van der Waals surface area contributed by atoms with Crippen LogP contribution < -0.4 is 17.0 Å². The summed E-state index contributed by atoms with van der Waals surface area (Å²) < 4.78 is 0. The number of hydrogen-bond donors (Lipinski definition) is 3. The molecule has 0 aliphatic rings. The fraction of sp³-hybridized carbons (Fsp3) is 0.214. The SMILES string of the molecule is CCN(Cc1ccc(Cl)c(Cl)c1)C(=O)c1[nH]c(=O)[nH]c(=O)c1N. The predicted molar refractivity (Wildman–Crippen MR) is 89.0 cm³/mol. The van der Waals surface area contributed by atoms with Gasteiger partial charge in [-0.2, -0.15) is 0 Å². The van der Waals surface area contributed by atoms with Gasteiger partial charge in [0.05, 0.1) is 10.0 Å². The first-order chi connectivity index (χ1) is 10.8. The molecule has 1 aromatic carbocycles. The molecule has 9 heteroatoms. The molecule has 0 fully saturated rings. The van der Waals surface area contributed by atoms with Crippen LogP contribution in [0.2, 0.25) is 10.0 Å². The Kier molecular flexibility index (Phi) is 5.12. The van der Waals surface area contributed by atoms with Gasteiger partial charge >= 0.3 is 5.69 Å². The Hall–Kier alpha value is -2.25. The molecule has 0 radical (unpaired) electrons. The minimum atomic E-state index is -0.803. The molecular weight excluding hydrogens is 343 g/mol. The van der Waals surface area contributed by atoms with Gasteiger partial charge in [0, 0.05) is 13.1 Å². The van der Waals surface area contributed by atoms with Crippen molar-refractivity contribution in [1.29, 1.82) is 0 Å². The molecule has 0 bridgehead atoms. The molecular formula is C14H14Cl2N4O3. The fourth-order valence-corrected chi connectivity index (χ4v) is 2.33. The van der Waals surface area contributed by atoms with Gasteiger partial charge in [0.15, 0.2) is 0 Å². The number of nitrogens with two attached hydrogens (primary N) is 1. The van der Waals surface area contributed by atoms with E-state index < -0.39 is 17.2 Å². The molecule has 122 valence electrons. The second kappa shape index (κ2) is 6.89. The lowest BCUT2D eigenvalue weighted by Gasteiger charge is -2.21. The van der Waals surface area contributed by atoms with Gasteiger partial charge in [-0.1, -0.05) is 29.3 Å². The normalized spacial score (nSPS) is 10.6. The van der Waals surface area contributed by atoms with Crippen molar-refractivity contribution in [2.75, 3.05) is 12.3 Å². The smallest absolute Gasteiger partial charge is 0.326 e. The monoisotopic (exact) mass is 356 g/mol. The standard InChI is InChI=1S/C14H14Cl2N4O3/c1-2-20(6-7-3-4-8(15)9(16)5-7)13(22)11-10(17)12(21)19-14(23)18-11/h3-5H,2,6,17H2,1H3,(H2,18,19,21,23). The zero-order valence-corrected chi connectivity index (χ0v) is 13.7. The first-order valence-electron chi connectivity index (χ1n) is 6.68. The van der Waals surface area contributed by atoms with E-state index in [0.717, 1.165) is 5.56 Å². The highest BCUT2D eigenvalue weighted by Gasteiger charge is 2.20. The van der Waals surface area contributed by atoms with Crippen LogP contribution in [0.25, 0.3) is 0 Å². The van der Waals surface area contributed by atoms with Crippen LogP contribution in [0.3, 0.4) is 0 Å². The average molecular weight is 357 g/mol. The summed E-state index contributed by atoms with van der Waals surface area (Å²) in [4.78, 5) is 41.0. The number of anilines is 1. The predicted octanol–water partition coefficient (Wildman–Crippen LogP) is 1.61. The number of nitrogens with one attached hydrogen (secondary N) is 2. The molecule has 0 aliphatic carbocycles.